The van der Waals surface area contributed by atoms with Gasteiger partial charge in [-0.1, -0.05) is 29.3 Å². The molecule has 0 aliphatic rings. The molecule has 14 heavy (non-hydrogen) atoms. The van der Waals surface area contributed by atoms with Crippen molar-refractivity contribution in [3.63, 3.8) is 0 Å². The molecule has 0 saturated carbocycles. The Morgan fingerprint density at radius 1 is 1.57 bits per heavy atom. The molecule has 0 saturated heterocycles. The van der Waals surface area contributed by atoms with Crippen molar-refractivity contribution in [2.75, 3.05) is 11.1 Å². The minimum absolute atomic E-state index is 0.730. The smallest absolute Gasteiger partial charge is 0.110 e. The summed E-state index contributed by atoms with van der Waals surface area (Å²) in [5, 5.41) is 2.16. The lowest BCUT2D eigenvalue weighted by atomic mass is 10.2. The third-order valence-corrected chi connectivity index (χ3v) is 5.03. The van der Waals surface area contributed by atoms with Gasteiger partial charge < -0.3 is 0 Å². The Labute approximate surface area is 106 Å². The van der Waals surface area contributed by atoms with E-state index in [1.165, 1.54) is 6.42 Å². The second kappa shape index (κ2) is 6.85. The van der Waals surface area contributed by atoms with Crippen LogP contribution in [0.2, 0.25) is 0 Å². The van der Waals surface area contributed by atoms with Crippen LogP contribution >= 0.6 is 43.6 Å². The van der Waals surface area contributed by atoms with Crippen molar-refractivity contribution in [1.82, 2.24) is 4.98 Å². The summed E-state index contributed by atoms with van der Waals surface area (Å²) in [6.45, 7) is 2.22. The fourth-order valence-electron chi connectivity index (χ4n) is 0.946. The van der Waals surface area contributed by atoms with Gasteiger partial charge in [-0.3, -0.25) is 0 Å². The first-order valence-electron chi connectivity index (χ1n) is 4.57. The molecule has 0 radical (unpaired) electrons. The lowest BCUT2D eigenvalue weighted by Crippen LogP contribution is -2.03. The van der Waals surface area contributed by atoms with E-state index < -0.39 is 0 Å². The third-order valence-electron chi connectivity index (χ3n) is 1.98. The molecule has 1 atom stereocenters. The Hall–Kier alpha value is 0.460. The van der Waals surface area contributed by atoms with Gasteiger partial charge in [0.05, 0.1) is 0 Å². The molecule has 0 amide bonds. The highest BCUT2D eigenvalue weighted by Crippen LogP contribution is 2.27. The molecule has 1 aromatic rings. The van der Waals surface area contributed by atoms with Crippen LogP contribution in [0.15, 0.2) is 27.8 Å². The Kier molecular flexibility index (Phi) is 6.13. The van der Waals surface area contributed by atoms with Gasteiger partial charge >= 0.3 is 0 Å². The van der Waals surface area contributed by atoms with E-state index >= 15 is 0 Å². The molecule has 0 aliphatic heterocycles. The number of pyridine rings is 1. The molecule has 0 aliphatic carbocycles. The second-order valence-electron chi connectivity index (χ2n) is 3.03. The maximum Gasteiger partial charge on any atom is 0.110 e. The zero-order valence-corrected chi connectivity index (χ0v) is 12.0. The molecule has 0 fully saturated rings. The number of aromatic nitrogens is 1. The molecule has 1 rings (SSSR count). The van der Waals surface area contributed by atoms with Gasteiger partial charge in [0.2, 0.25) is 0 Å². The van der Waals surface area contributed by atoms with Crippen LogP contribution in [0.25, 0.3) is 0 Å². The van der Waals surface area contributed by atoms with Crippen molar-refractivity contribution in [2.45, 2.75) is 18.4 Å². The van der Waals surface area contributed by atoms with Gasteiger partial charge in [-0.25, -0.2) is 4.98 Å². The summed E-state index contributed by atoms with van der Waals surface area (Å²) in [6.07, 6.45) is 3.05. The minimum Gasteiger partial charge on any atom is -0.249 e. The first-order chi connectivity index (χ1) is 6.77. The van der Waals surface area contributed by atoms with Gasteiger partial charge in [-0.2, -0.15) is 0 Å². The maximum atomic E-state index is 4.32. The van der Waals surface area contributed by atoms with Crippen molar-refractivity contribution in [3.05, 3.63) is 22.8 Å². The summed E-state index contributed by atoms with van der Waals surface area (Å²) in [6, 6.07) is 3.97. The Morgan fingerprint density at radius 2 is 2.36 bits per heavy atom. The van der Waals surface area contributed by atoms with Crippen molar-refractivity contribution >= 4 is 43.6 Å². The van der Waals surface area contributed by atoms with E-state index in [4.69, 9.17) is 0 Å². The van der Waals surface area contributed by atoms with Gasteiger partial charge in [-0.05, 0) is 34.0 Å². The highest BCUT2D eigenvalue weighted by Gasteiger charge is 2.07. The molecular weight excluding hydrogens is 326 g/mol. The highest BCUT2D eigenvalue weighted by molar-refractivity contribution is 9.10. The predicted molar refractivity (Wildman–Crippen MR) is 70.2 cm³/mol. The van der Waals surface area contributed by atoms with Crippen molar-refractivity contribution < 1.29 is 0 Å². The van der Waals surface area contributed by atoms with E-state index in [1.807, 2.05) is 30.1 Å². The molecule has 0 spiro atoms. The first-order valence-corrected chi connectivity index (χ1v) is 7.47. The zero-order valence-electron chi connectivity index (χ0n) is 8.04. The van der Waals surface area contributed by atoms with Crippen LogP contribution in [-0.4, -0.2) is 16.1 Å². The van der Waals surface area contributed by atoms with Crippen LogP contribution in [0.4, 0.5) is 0 Å². The summed E-state index contributed by atoms with van der Waals surface area (Å²) >= 11 is 8.83. The summed E-state index contributed by atoms with van der Waals surface area (Å²) in [7, 11) is 0. The second-order valence-corrected chi connectivity index (χ2v) is 5.54. The number of thioether (sulfide) groups is 1. The van der Waals surface area contributed by atoms with E-state index in [2.05, 4.69) is 43.8 Å². The van der Waals surface area contributed by atoms with Gasteiger partial charge in [0, 0.05) is 21.8 Å². The minimum atomic E-state index is 0.730. The number of alkyl halides is 1. The number of hydrogen-bond donors (Lipinski definition) is 0. The molecule has 1 aromatic heterocycles. The molecule has 1 heterocycles. The summed E-state index contributed by atoms with van der Waals surface area (Å²) in [5.41, 5.74) is 0. The van der Waals surface area contributed by atoms with E-state index in [0.717, 1.165) is 26.5 Å². The molecule has 4 heteroatoms. The fraction of sp³-hybridized carbons (Fsp3) is 0.500. The topological polar surface area (TPSA) is 12.9 Å². The van der Waals surface area contributed by atoms with Gasteiger partial charge in [0.1, 0.15) is 5.03 Å². The van der Waals surface area contributed by atoms with Crippen LogP contribution in [0.3, 0.4) is 0 Å². The van der Waals surface area contributed by atoms with Crippen molar-refractivity contribution in [2.24, 2.45) is 5.92 Å². The molecular formula is C10H13Br2NS. The Morgan fingerprint density at radius 3 is 2.93 bits per heavy atom. The van der Waals surface area contributed by atoms with E-state index in [-0.39, 0.29) is 0 Å². The molecule has 78 valence electrons. The van der Waals surface area contributed by atoms with E-state index in [1.54, 1.807) is 0 Å². The maximum absolute atomic E-state index is 4.32. The first kappa shape index (κ1) is 12.5. The largest absolute Gasteiger partial charge is 0.249 e. The summed E-state index contributed by atoms with van der Waals surface area (Å²) in [4.78, 5) is 4.32. The molecule has 1 nitrogen and oxygen atoms in total. The number of hydrogen-bond acceptors (Lipinski definition) is 2. The summed E-state index contributed by atoms with van der Waals surface area (Å²) in [5.74, 6) is 1.85. The van der Waals surface area contributed by atoms with Crippen LogP contribution in [0.5, 0.6) is 0 Å². The van der Waals surface area contributed by atoms with Crippen LogP contribution in [0, 0.1) is 5.92 Å². The quantitative estimate of drug-likeness (QED) is 0.584. The van der Waals surface area contributed by atoms with E-state index in [0.29, 0.717) is 0 Å². The van der Waals surface area contributed by atoms with Crippen LogP contribution in [-0.2, 0) is 0 Å². The Bertz CT molecular complexity index is 277. The molecule has 0 N–H and O–H groups in total. The van der Waals surface area contributed by atoms with E-state index in [9.17, 15) is 0 Å². The number of rotatable bonds is 5. The normalized spacial score (nSPS) is 12.8. The van der Waals surface area contributed by atoms with Gasteiger partial charge in [0.15, 0.2) is 0 Å². The predicted octanol–water partition coefficient (Wildman–Crippen LogP) is 4.36. The van der Waals surface area contributed by atoms with Gasteiger partial charge in [0.25, 0.3) is 0 Å². The average molecular weight is 339 g/mol. The number of nitrogens with zero attached hydrogens (tertiary/aromatic N) is 1. The zero-order chi connectivity index (χ0) is 10.4. The SMILES string of the molecule is CCC(CBr)CSc1ncccc1Br. The van der Waals surface area contributed by atoms with Crippen molar-refractivity contribution in [1.29, 1.82) is 0 Å². The average Bonchev–Trinajstić information content (AvgIpc) is 2.22. The van der Waals surface area contributed by atoms with Crippen LogP contribution in [0.1, 0.15) is 13.3 Å². The van der Waals surface area contributed by atoms with Gasteiger partial charge in [-0.15, -0.1) is 11.8 Å². The Balaban J connectivity index is 2.49. The lowest BCUT2D eigenvalue weighted by molar-refractivity contribution is 0.652. The van der Waals surface area contributed by atoms with Crippen molar-refractivity contribution in [3.8, 4) is 0 Å². The standard InChI is InChI=1S/C10H13Br2NS/c1-2-8(6-11)7-14-10-9(12)4-3-5-13-10/h3-5,8H,2,6-7H2,1H3. The summed E-state index contributed by atoms with van der Waals surface area (Å²) < 4.78 is 1.09. The lowest BCUT2D eigenvalue weighted by Gasteiger charge is -2.10. The fourth-order valence-corrected chi connectivity index (χ4v) is 3.62. The highest BCUT2D eigenvalue weighted by atomic mass is 79.9. The monoisotopic (exact) mass is 337 g/mol. The molecule has 1 unspecified atom stereocenters. The third kappa shape index (κ3) is 3.91. The van der Waals surface area contributed by atoms with Crippen LogP contribution < -0.4 is 0 Å². The molecule has 0 bridgehead atoms. The molecule has 0 aromatic carbocycles. The number of halogens is 2.